The molecule has 0 saturated carbocycles. The third-order valence-corrected chi connectivity index (χ3v) is 5.53. The summed E-state index contributed by atoms with van der Waals surface area (Å²) in [6.45, 7) is 1.88. The lowest BCUT2D eigenvalue weighted by Gasteiger charge is -2.33. The van der Waals surface area contributed by atoms with Gasteiger partial charge in [-0.2, -0.15) is 10.3 Å². The molecule has 2 unspecified atom stereocenters. The van der Waals surface area contributed by atoms with Crippen LogP contribution in [0.4, 0.5) is 10.5 Å². The number of carbonyl (C=O) groups is 1. The Morgan fingerprint density at radius 3 is 2.47 bits per heavy atom. The number of urea groups is 1. The first-order valence-corrected chi connectivity index (χ1v) is 10.5. The van der Waals surface area contributed by atoms with E-state index in [0.717, 1.165) is 5.56 Å². The molecule has 0 aromatic heterocycles. The first-order valence-electron chi connectivity index (χ1n) is 10.5. The molecule has 9 heteroatoms. The molecule has 9 nitrogen and oxygen atoms in total. The van der Waals surface area contributed by atoms with Gasteiger partial charge in [-0.05, 0) is 41.8 Å². The van der Waals surface area contributed by atoms with Gasteiger partial charge in [-0.3, -0.25) is 10.1 Å². The summed E-state index contributed by atoms with van der Waals surface area (Å²) in [5, 5.41) is 33.9. The molecule has 2 amide bonds. The fourth-order valence-electron chi connectivity index (χ4n) is 4.03. The number of nitriles is 1. The number of nitro groups is 1. The first kappa shape index (κ1) is 22.5. The summed E-state index contributed by atoms with van der Waals surface area (Å²) < 4.78 is 5.44. The van der Waals surface area contributed by atoms with E-state index in [1.807, 2.05) is 30.3 Å². The maximum absolute atomic E-state index is 12.7. The molecule has 1 aliphatic rings. The van der Waals surface area contributed by atoms with Crippen LogP contribution in [0.1, 0.15) is 41.1 Å². The summed E-state index contributed by atoms with van der Waals surface area (Å²) in [6.07, 6.45) is 0. The Bertz CT molecular complexity index is 1310. The van der Waals surface area contributed by atoms with Gasteiger partial charge in [0.1, 0.15) is 0 Å². The minimum Gasteiger partial charge on any atom is -0.500 e. The molecule has 3 aromatic carbocycles. The Labute approximate surface area is 195 Å². The van der Waals surface area contributed by atoms with E-state index in [1.165, 1.54) is 12.1 Å². The fraction of sp³-hybridized carbons (Fsp3) is 0.160. The first-order chi connectivity index (χ1) is 16.4. The van der Waals surface area contributed by atoms with Gasteiger partial charge >= 0.3 is 11.7 Å². The average Bonchev–Trinajstić information content (AvgIpc) is 2.85. The van der Waals surface area contributed by atoms with Gasteiger partial charge in [0.05, 0.1) is 40.8 Å². The van der Waals surface area contributed by atoms with Gasteiger partial charge in [0.2, 0.25) is 5.75 Å². The Morgan fingerprint density at radius 2 is 1.85 bits per heavy atom. The van der Waals surface area contributed by atoms with Crippen molar-refractivity contribution in [3.8, 4) is 17.6 Å². The highest BCUT2D eigenvalue weighted by Gasteiger charge is 2.37. The number of aromatic hydroxyl groups is 1. The zero-order chi connectivity index (χ0) is 24.2. The van der Waals surface area contributed by atoms with Crippen molar-refractivity contribution in [3.05, 3.63) is 99.1 Å². The lowest BCUT2D eigenvalue weighted by molar-refractivity contribution is -0.386. The number of hydrogen-bond donors (Lipinski definition) is 2. The highest BCUT2D eigenvalue weighted by atomic mass is 16.6. The zero-order valence-electron chi connectivity index (χ0n) is 18.1. The highest BCUT2D eigenvalue weighted by molar-refractivity contribution is 6.12. The van der Waals surface area contributed by atoms with E-state index in [-0.39, 0.29) is 12.4 Å². The second-order valence-corrected chi connectivity index (χ2v) is 7.58. The minimum atomic E-state index is -0.739. The number of hydrogen-bond acceptors (Lipinski definition) is 6. The molecule has 1 aliphatic heterocycles. The van der Waals surface area contributed by atoms with Crippen LogP contribution in [0.3, 0.4) is 0 Å². The van der Waals surface area contributed by atoms with Crippen LogP contribution in [-0.4, -0.2) is 28.4 Å². The molecule has 170 valence electrons. The van der Waals surface area contributed by atoms with Gasteiger partial charge in [-0.25, -0.2) is 4.79 Å². The molecule has 4 rings (SSSR count). The number of nitro benzene ring substituents is 1. The van der Waals surface area contributed by atoms with E-state index in [2.05, 4.69) is 16.4 Å². The van der Waals surface area contributed by atoms with Crippen molar-refractivity contribution in [1.82, 2.24) is 5.32 Å². The van der Waals surface area contributed by atoms with E-state index in [1.54, 1.807) is 31.2 Å². The average molecular weight is 456 g/mol. The monoisotopic (exact) mass is 456 g/mol. The van der Waals surface area contributed by atoms with Crippen LogP contribution < -0.4 is 10.1 Å². The Morgan fingerprint density at radius 1 is 1.15 bits per heavy atom. The van der Waals surface area contributed by atoms with Crippen molar-refractivity contribution in [1.29, 1.82) is 5.26 Å². The maximum atomic E-state index is 12.7. The van der Waals surface area contributed by atoms with Crippen molar-refractivity contribution in [2.75, 3.05) is 6.61 Å². The number of nitrogens with zero attached hydrogens (tertiary/aromatic N) is 3. The lowest BCUT2D eigenvalue weighted by Crippen LogP contribution is -2.40. The lowest BCUT2D eigenvalue weighted by atomic mass is 9.79. The zero-order valence-corrected chi connectivity index (χ0v) is 18.1. The van der Waals surface area contributed by atoms with Crippen LogP contribution >= 0.6 is 0 Å². The Kier molecular flexibility index (Phi) is 6.23. The van der Waals surface area contributed by atoms with Crippen molar-refractivity contribution >= 4 is 17.4 Å². The molecule has 2 N–H and O–H groups in total. The second-order valence-electron chi connectivity index (χ2n) is 7.58. The minimum absolute atomic E-state index is 0.0461. The standard InChI is InChI=1S/C25H20N4O5/c1-2-34-20-13-18(12-19(24(20)30)29(32)33)23-21(16-6-4-3-5-7-16)22(27-25(31)28-23)17-10-8-15(14-26)9-11-17/h3-13,21,23,30H,2H2,1H3,(H,28,31). The number of aliphatic imine (C=N–C) groups is 1. The van der Waals surface area contributed by atoms with Crippen LogP contribution in [0, 0.1) is 21.4 Å². The Hall–Kier alpha value is -4.71. The highest BCUT2D eigenvalue weighted by Crippen LogP contribution is 2.43. The van der Waals surface area contributed by atoms with Crippen LogP contribution in [0.5, 0.6) is 11.5 Å². The second kappa shape index (κ2) is 9.42. The van der Waals surface area contributed by atoms with Crippen LogP contribution in [0.25, 0.3) is 0 Å². The van der Waals surface area contributed by atoms with E-state index in [4.69, 9.17) is 10.00 Å². The van der Waals surface area contributed by atoms with Gasteiger partial charge < -0.3 is 15.2 Å². The van der Waals surface area contributed by atoms with Crippen LogP contribution in [0.2, 0.25) is 0 Å². The molecule has 34 heavy (non-hydrogen) atoms. The molecule has 0 radical (unpaired) electrons. The Balaban J connectivity index is 1.91. The van der Waals surface area contributed by atoms with Crippen LogP contribution in [0.15, 0.2) is 71.7 Å². The molecule has 2 atom stereocenters. The SMILES string of the molecule is CCOc1cc(C2NC(=O)N=C(c3ccc(C#N)cc3)C2c2ccccc2)cc([N+](=O)[O-])c1O. The predicted octanol–water partition coefficient (Wildman–Crippen LogP) is 4.61. The number of benzene rings is 3. The van der Waals surface area contributed by atoms with Crippen molar-refractivity contribution in [3.63, 3.8) is 0 Å². The van der Waals surface area contributed by atoms with Gasteiger partial charge in [-0.1, -0.05) is 42.5 Å². The van der Waals surface area contributed by atoms with Gasteiger partial charge in [0.15, 0.2) is 5.75 Å². The summed E-state index contributed by atoms with van der Waals surface area (Å²) in [6, 6.07) is 19.5. The number of amides is 2. The van der Waals surface area contributed by atoms with Crippen molar-refractivity contribution in [2.45, 2.75) is 18.9 Å². The molecule has 3 aromatic rings. The number of ether oxygens (including phenoxy) is 1. The molecule has 0 spiro atoms. The molecular formula is C25H20N4O5. The fourth-order valence-corrected chi connectivity index (χ4v) is 4.03. The molecule has 0 aliphatic carbocycles. The van der Waals surface area contributed by atoms with E-state index in [0.29, 0.717) is 22.4 Å². The van der Waals surface area contributed by atoms with Gasteiger partial charge in [0.25, 0.3) is 0 Å². The van der Waals surface area contributed by atoms with E-state index >= 15 is 0 Å². The summed E-state index contributed by atoms with van der Waals surface area (Å²) >= 11 is 0. The summed E-state index contributed by atoms with van der Waals surface area (Å²) in [5.74, 6) is -1.13. The van der Waals surface area contributed by atoms with Crippen molar-refractivity contribution < 1.29 is 19.6 Å². The normalized spacial score (nSPS) is 17.3. The van der Waals surface area contributed by atoms with Gasteiger partial charge in [-0.15, -0.1) is 0 Å². The summed E-state index contributed by atoms with van der Waals surface area (Å²) in [4.78, 5) is 27.8. The van der Waals surface area contributed by atoms with E-state index < -0.39 is 34.4 Å². The quantitative estimate of drug-likeness (QED) is 0.410. The largest absolute Gasteiger partial charge is 0.500 e. The number of phenolic OH excluding ortho intramolecular Hbond substituents is 1. The maximum Gasteiger partial charge on any atom is 0.341 e. The number of carbonyl (C=O) groups excluding carboxylic acids is 1. The molecule has 0 bridgehead atoms. The molecule has 1 heterocycles. The van der Waals surface area contributed by atoms with Crippen molar-refractivity contribution in [2.24, 2.45) is 4.99 Å². The molecule has 0 saturated heterocycles. The molecular weight excluding hydrogens is 436 g/mol. The summed E-state index contributed by atoms with van der Waals surface area (Å²) in [7, 11) is 0. The molecule has 0 fully saturated rings. The third kappa shape index (κ3) is 4.29. The van der Waals surface area contributed by atoms with Gasteiger partial charge in [0, 0.05) is 6.07 Å². The number of nitrogens with one attached hydrogen (secondary N) is 1. The summed E-state index contributed by atoms with van der Waals surface area (Å²) in [5.41, 5.74) is 2.25. The predicted molar refractivity (Wildman–Crippen MR) is 124 cm³/mol. The topological polar surface area (TPSA) is 138 Å². The third-order valence-electron chi connectivity index (χ3n) is 5.53. The number of phenols is 1. The van der Waals surface area contributed by atoms with E-state index in [9.17, 15) is 20.0 Å². The number of rotatable bonds is 6. The van der Waals surface area contributed by atoms with Crippen LogP contribution in [-0.2, 0) is 0 Å². The smallest absolute Gasteiger partial charge is 0.341 e.